The minimum Gasteiger partial charge on any atom is -0.334 e. The van der Waals surface area contributed by atoms with Gasteiger partial charge in [-0.15, -0.1) is 24.3 Å². The van der Waals surface area contributed by atoms with Crippen molar-refractivity contribution in [3.8, 4) is 22.5 Å². The van der Waals surface area contributed by atoms with Crippen molar-refractivity contribution in [2.45, 2.75) is 13.8 Å². The van der Waals surface area contributed by atoms with Gasteiger partial charge in [0, 0.05) is 47.2 Å². The predicted molar refractivity (Wildman–Crippen MR) is 123 cm³/mol. The Labute approximate surface area is 219 Å². The van der Waals surface area contributed by atoms with Crippen molar-refractivity contribution >= 4 is 11.6 Å². The summed E-state index contributed by atoms with van der Waals surface area (Å²) in [4.78, 5) is 27.8. The van der Waals surface area contributed by atoms with Crippen molar-refractivity contribution in [2.75, 3.05) is 0 Å². The normalized spacial score (nSPS) is 9.39. The minimum atomic E-state index is -0.649. The van der Waals surface area contributed by atoms with Crippen molar-refractivity contribution < 1.29 is 47.3 Å². The molecule has 0 unspecified atom stereocenters. The summed E-state index contributed by atoms with van der Waals surface area (Å²) >= 11 is 0. The largest absolute Gasteiger partial charge is 3.00 e. The Morgan fingerprint density at radius 2 is 1.11 bits per heavy atom. The van der Waals surface area contributed by atoms with E-state index in [0.717, 1.165) is 30.7 Å². The summed E-state index contributed by atoms with van der Waals surface area (Å²) in [6.07, 6.45) is 4.15. The van der Waals surface area contributed by atoms with Crippen LogP contribution in [-0.4, -0.2) is 21.5 Å². The molecule has 186 valence electrons. The number of pyridine rings is 2. The van der Waals surface area contributed by atoms with Crippen molar-refractivity contribution in [1.29, 1.82) is 0 Å². The van der Waals surface area contributed by atoms with Crippen LogP contribution in [0.25, 0.3) is 22.5 Å². The van der Waals surface area contributed by atoms with Crippen molar-refractivity contribution in [2.24, 2.45) is 0 Å². The number of hydrogen-bond acceptors (Lipinski definition) is 4. The van der Waals surface area contributed by atoms with E-state index in [9.17, 15) is 27.2 Å². The third-order valence-electron chi connectivity index (χ3n) is 3.96. The van der Waals surface area contributed by atoms with Gasteiger partial charge in [-0.2, -0.15) is 0 Å². The van der Waals surface area contributed by atoms with Crippen LogP contribution in [0.15, 0.2) is 73.1 Å². The summed E-state index contributed by atoms with van der Waals surface area (Å²) in [6.45, 7) is 2.70. The molecule has 0 saturated heterocycles. The van der Waals surface area contributed by atoms with E-state index in [1.165, 1.54) is 13.8 Å². The molecule has 0 spiro atoms. The van der Waals surface area contributed by atoms with Gasteiger partial charge < -0.3 is 19.6 Å². The smallest absolute Gasteiger partial charge is 0.334 e. The summed E-state index contributed by atoms with van der Waals surface area (Å²) < 4.78 is 51.6. The predicted octanol–water partition coefficient (Wildman–Crippen LogP) is 6.02. The number of halogens is 4. The Morgan fingerprint density at radius 3 is 1.36 bits per heavy atom. The number of carbonyl (C=O) groups excluding carboxylic acids is 2. The van der Waals surface area contributed by atoms with Crippen molar-refractivity contribution in [3.05, 3.63) is 115 Å². The maximum Gasteiger partial charge on any atom is 3.00 e. The van der Waals surface area contributed by atoms with Crippen LogP contribution in [0.4, 0.5) is 17.6 Å². The summed E-state index contributed by atoms with van der Waals surface area (Å²) in [5.41, 5.74) is 1.27. The first-order valence-electron chi connectivity index (χ1n) is 10.1. The van der Waals surface area contributed by atoms with E-state index < -0.39 is 23.3 Å². The first-order valence-corrected chi connectivity index (χ1v) is 10.1. The number of Topliss-reactive ketones (excluding diaryl/α,β-unsaturated/α-hetero) is 2. The van der Waals surface area contributed by atoms with E-state index in [4.69, 9.17) is 0 Å². The van der Waals surface area contributed by atoms with Gasteiger partial charge in [0.05, 0.1) is 0 Å². The summed E-state index contributed by atoms with van der Waals surface area (Å²) in [5, 5.41) is 0. The number of nitrogens with zero attached hydrogens (tertiary/aromatic N) is 2. The molecule has 0 fully saturated rings. The Balaban J connectivity index is 0.000000283. The fourth-order valence-corrected chi connectivity index (χ4v) is 2.59. The van der Waals surface area contributed by atoms with E-state index in [1.54, 1.807) is 48.8 Å². The fraction of sp³-hybridized carbons (Fsp3) is 0.0741. The molecule has 36 heavy (non-hydrogen) atoms. The van der Waals surface area contributed by atoms with Gasteiger partial charge in [0.15, 0.2) is 0 Å². The first kappa shape index (κ1) is 30.4. The van der Waals surface area contributed by atoms with Gasteiger partial charge in [0.2, 0.25) is 0 Å². The number of aromatic nitrogens is 2. The van der Waals surface area contributed by atoms with Gasteiger partial charge in [-0.05, 0) is 37.4 Å². The maximum absolute atomic E-state index is 13.2. The van der Waals surface area contributed by atoms with Crippen molar-refractivity contribution in [1.82, 2.24) is 9.97 Å². The van der Waals surface area contributed by atoms with Gasteiger partial charge in [-0.3, -0.25) is 24.0 Å². The Kier molecular flexibility index (Phi) is 12.9. The van der Waals surface area contributed by atoms with Gasteiger partial charge in [-0.25, -0.2) is 0 Å². The van der Waals surface area contributed by atoms with E-state index in [2.05, 4.69) is 22.1 Å². The van der Waals surface area contributed by atoms with Crippen LogP contribution in [0, 0.1) is 41.8 Å². The topological polar surface area (TPSA) is 59.9 Å². The number of hydrogen-bond donors (Lipinski definition) is 0. The molecule has 0 N–H and O–H groups in total. The van der Waals surface area contributed by atoms with Crippen LogP contribution in [0.1, 0.15) is 13.8 Å². The van der Waals surface area contributed by atoms with Crippen LogP contribution < -0.4 is 0 Å². The average Bonchev–Trinajstić information content (AvgIpc) is 2.80. The molecule has 0 aliphatic rings. The average molecular weight is 672 g/mol. The van der Waals surface area contributed by atoms with Crippen LogP contribution in [0.2, 0.25) is 0 Å². The van der Waals surface area contributed by atoms with E-state index in [-0.39, 0.29) is 42.8 Å². The molecule has 9 heteroatoms. The molecule has 0 atom stereocenters. The molecule has 0 radical (unpaired) electrons. The fourth-order valence-electron chi connectivity index (χ4n) is 2.59. The van der Waals surface area contributed by atoms with Crippen LogP contribution >= 0.6 is 0 Å². The zero-order valence-corrected chi connectivity index (χ0v) is 21.5. The molecule has 2 aromatic heterocycles. The number of benzene rings is 2. The van der Waals surface area contributed by atoms with Crippen LogP contribution in [-0.2, 0) is 29.7 Å². The maximum atomic E-state index is 13.2. The molecular weight excluding hydrogens is 653 g/mol. The number of ketones is 2. The van der Waals surface area contributed by atoms with Gasteiger partial charge in [-0.1, -0.05) is 47.5 Å². The number of carbonyl (C=O) groups is 2. The van der Waals surface area contributed by atoms with E-state index >= 15 is 0 Å². The molecule has 0 saturated carbocycles. The van der Waals surface area contributed by atoms with Gasteiger partial charge in [0.25, 0.3) is 0 Å². The Morgan fingerprint density at radius 1 is 0.722 bits per heavy atom. The quantitative estimate of drug-likeness (QED) is 0.151. The first-order chi connectivity index (χ1) is 16.7. The third-order valence-corrected chi connectivity index (χ3v) is 3.96. The second kappa shape index (κ2) is 15.3. The zero-order valence-electron chi connectivity index (χ0n) is 19.1. The second-order valence-electron chi connectivity index (χ2n) is 6.88. The molecule has 0 amide bonds. The van der Waals surface area contributed by atoms with Crippen LogP contribution in [0.3, 0.4) is 0 Å². The van der Waals surface area contributed by atoms with Crippen LogP contribution in [0.5, 0.6) is 0 Å². The standard InChI is InChI=1S/2C11H6F2N.C5H7O2.Ir/c2*12-8-4-5-9(10(13)7-8)11-3-1-2-6-14-11;1-4(6)3-5(2)7;/h2*1-4,6-7H;3H,1-2H3;/q3*-1;+3. The minimum absolute atomic E-state index is 0. The Hall–Kier alpha value is -3.68. The second-order valence-corrected chi connectivity index (χ2v) is 6.88. The van der Waals surface area contributed by atoms with Gasteiger partial charge >= 0.3 is 20.1 Å². The van der Waals surface area contributed by atoms with E-state index in [0.29, 0.717) is 11.4 Å². The zero-order chi connectivity index (χ0) is 25.8. The Bertz CT molecular complexity index is 1170. The molecule has 4 nitrogen and oxygen atoms in total. The van der Waals surface area contributed by atoms with Gasteiger partial charge in [0.1, 0.15) is 0 Å². The monoisotopic (exact) mass is 672 g/mol. The molecule has 4 rings (SSSR count). The molecular formula is C27H19F4IrN2O2. The molecule has 0 bridgehead atoms. The molecule has 4 aromatic rings. The summed E-state index contributed by atoms with van der Waals surface area (Å²) in [5.74, 6) is -2.95. The summed E-state index contributed by atoms with van der Waals surface area (Å²) in [6, 6.07) is 19.1. The molecule has 2 aromatic carbocycles. The third kappa shape index (κ3) is 10.3. The molecule has 2 heterocycles. The molecule has 0 aliphatic heterocycles. The number of rotatable bonds is 4. The summed E-state index contributed by atoms with van der Waals surface area (Å²) in [7, 11) is 0. The van der Waals surface area contributed by atoms with E-state index in [1.807, 2.05) is 0 Å². The van der Waals surface area contributed by atoms with Crippen molar-refractivity contribution in [3.63, 3.8) is 0 Å². The molecule has 0 aliphatic carbocycles. The SMILES string of the molecule is CC(=O)[CH-]C(C)=O.Fc1c[c-]c(-c2ccccn2)c(F)c1.Fc1c[c-]c(-c2ccccn2)c(F)c1.[Ir+3].